The molecule has 2 N–H and O–H groups in total. The second-order valence-corrected chi connectivity index (χ2v) is 6.35. The molecule has 4 unspecified atom stereocenters. The summed E-state index contributed by atoms with van der Waals surface area (Å²) in [7, 11) is 2.22. The lowest BCUT2D eigenvalue weighted by Gasteiger charge is -2.48. The van der Waals surface area contributed by atoms with Crippen molar-refractivity contribution in [2.75, 3.05) is 33.2 Å². The Morgan fingerprint density at radius 2 is 1.94 bits per heavy atom. The molecule has 1 saturated heterocycles. The molecule has 2 rings (SSSR count). The van der Waals surface area contributed by atoms with Gasteiger partial charge in [-0.2, -0.15) is 0 Å². The van der Waals surface area contributed by atoms with Crippen LogP contribution in [0.25, 0.3) is 0 Å². The van der Waals surface area contributed by atoms with Crippen LogP contribution in [0.1, 0.15) is 33.1 Å². The van der Waals surface area contributed by atoms with Crippen molar-refractivity contribution >= 4 is 0 Å². The summed E-state index contributed by atoms with van der Waals surface area (Å²) in [6.45, 7) is 9.21. The summed E-state index contributed by atoms with van der Waals surface area (Å²) < 4.78 is 0. The highest BCUT2D eigenvalue weighted by Crippen LogP contribution is 2.33. The van der Waals surface area contributed by atoms with E-state index in [1.165, 1.54) is 32.4 Å². The summed E-state index contributed by atoms with van der Waals surface area (Å²) in [6, 6.07) is 1.35. The summed E-state index contributed by atoms with van der Waals surface area (Å²) in [4.78, 5) is 5.14. The van der Waals surface area contributed by atoms with Gasteiger partial charge in [0.1, 0.15) is 0 Å². The molecule has 0 bridgehead atoms. The molecule has 0 radical (unpaired) electrons. The van der Waals surface area contributed by atoms with Gasteiger partial charge in [-0.3, -0.25) is 4.90 Å². The van der Waals surface area contributed by atoms with Crippen LogP contribution >= 0.6 is 0 Å². The van der Waals surface area contributed by atoms with Crippen molar-refractivity contribution in [1.29, 1.82) is 0 Å². The maximum absolute atomic E-state index is 5.97. The Bertz CT molecular complexity index is 244. The smallest absolute Gasteiger partial charge is 0.0349 e. The van der Waals surface area contributed by atoms with Crippen LogP contribution in [-0.2, 0) is 0 Å². The lowest BCUT2D eigenvalue weighted by molar-refractivity contribution is 0.00967. The zero-order chi connectivity index (χ0) is 12.4. The predicted octanol–water partition coefficient (Wildman–Crippen LogP) is 1.39. The number of piperazine rings is 1. The highest BCUT2D eigenvalue weighted by Gasteiger charge is 2.35. The minimum Gasteiger partial charge on any atom is -0.329 e. The normalized spacial score (nSPS) is 41.6. The van der Waals surface area contributed by atoms with E-state index in [2.05, 4.69) is 30.7 Å². The molecule has 0 aromatic rings. The summed E-state index contributed by atoms with van der Waals surface area (Å²) in [6.07, 6.45) is 4.19. The van der Waals surface area contributed by atoms with E-state index in [-0.39, 0.29) is 0 Å². The molecule has 0 aromatic heterocycles. The van der Waals surface area contributed by atoms with E-state index in [1.54, 1.807) is 0 Å². The fraction of sp³-hybridized carbons (Fsp3) is 1.00. The van der Waals surface area contributed by atoms with Crippen molar-refractivity contribution in [2.24, 2.45) is 17.6 Å². The van der Waals surface area contributed by atoms with Gasteiger partial charge >= 0.3 is 0 Å². The zero-order valence-corrected chi connectivity index (χ0v) is 11.7. The molecule has 0 amide bonds. The average molecular weight is 239 g/mol. The summed E-state index contributed by atoms with van der Waals surface area (Å²) in [5.74, 6) is 1.75. The molecule has 1 aliphatic carbocycles. The monoisotopic (exact) mass is 239 g/mol. The molecule has 1 heterocycles. The molecule has 100 valence electrons. The van der Waals surface area contributed by atoms with Gasteiger partial charge in [0.05, 0.1) is 0 Å². The van der Waals surface area contributed by atoms with Gasteiger partial charge < -0.3 is 10.6 Å². The number of nitrogens with two attached hydrogens (primary N) is 1. The second kappa shape index (κ2) is 5.68. The maximum atomic E-state index is 5.97. The van der Waals surface area contributed by atoms with E-state index in [1.807, 2.05) is 0 Å². The molecule has 3 nitrogen and oxygen atoms in total. The van der Waals surface area contributed by atoms with Gasteiger partial charge in [0.25, 0.3) is 0 Å². The molecule has 1 saturated carbocycles. The quantitative estimate of drug-likeness (QED) is 0.790. The fourth-order valence-electron chi connectivity index (χ4n) is 3.64. The maximum Gasteiger partial charge on any atom is 0.0349 e. The minimum atomic E-state index is 0.575. The third kappa shape index (κ3) is 3.01. The molecule has 2 aliphatic rings. The van der Waals surface area contributed by atoms with Crippen LogP contribution in [0, 0.1) is 11.8 Å². The third-order valence-corrected chi connectivity index (χ3v) is 4.84. The van der Waals surface area contributed by atoms with Gasteiger partial charge in [-0.15, -0.1) is 0 Å². The molecule has 2 fully saturated rings. The molecule has 3 heteroatoms. The first kappa shape index (κ1) is 13.3. The van der Waals surface area contributed by atoms with E-state index in [0.29, 0.717) is 6.04 Å². The van der Waals surface area contributed by atoms with Crippen LogP contribution in [0.2, 0.25) is 0 Å². The van der Waals surface area contributed by atoms with Crippen molar-refractivity contribution in [1.82, 2.24) is 9.80 Å². The number of hydrogen-bond donors (Lipinski definition) is 1. The lowest BCUT2D eigenvalue weighted by Crippen LogP contribution is -2.60. The Kier molecular flexibility index (Phi) is 4.45. The number of nitrogens with zero attached hydrogens (tertiary/aromatic N) is 2. The second-order valence-electron chi connectivity index (χ2n) is 6.35. The van der Waals surface area contributed by atoms with Crippen LogP contribution in [0.15, 0.2) is 0 Å². The molecule has 4 atom stereocenters. The standard InChI is InChI=1S/C14H29N3/c1-11-4-5-12(2)14(8-11)17-7-6-16(3)10-13(17)9-15/h11-14H,4-10,15H2,1-3H3. The average Bonchev–Trinajstić information content (AvgIpc) is 2.32. The van der Waals surface area contributed by atoms with Crippen LogP contribution < -0.4 is 5.73 Å². The lowest BCUT2D eigenvalue weighted by atomic mass is 9.78. The van der Waals surface area contributed by atoms with Crippen LogP contribution in [0.5, 0.6) is 0 Å². The Balaban J connectivity index is 2.03. The van der Waals surface area contributed by atoms with Crippen LogP contribution in [0.4, 0.5) is 0 Å². The SMILES string of the molecule is CC1CCC(C)C(N2CCN(C)CC2CN)C1. The van der Waals surface area contributed by atoms with Gasteiger partial charge in [0.2, 0.25) is 0 Å². The first-order valence-electron chi connectivity index (χ1n) is 7.26. The summed E-state index contributed by atoms with van der Waals surface area (Å²) in [5.41, 5.74) is 5.97. The minimum absolute atomic E-state index is 0.575. The highest BCUT2D eigenvalue weighted by molar-refractivity contribution is 4.91. The van der Waals surface area contributed by atoms with E-state index in [4.69, 9.17) is 5.73 Å². The predicted molar refractivity (Wildman–Crippen MR) is 73.0 cm³/mol. The molecule has 0 aromatic carbocycles. The number of rotatable bonds is 2. The van der Waals surface area contributed by atoms with Crippen molar-refractivity contribution in [3.63, 3.8) is 0 Å². The molecule has 1 aliphatic heterocycles. The fourth-order valence-corrected chi connectivity index (χ4v) is 3.64. The van der Waals surface area contributed by atoms with Crippen molar-refractivity contribution in [3.8, 4) is 0 Å². The molecule has 17 heavy (non-hydrogen) atoms. The Morgan fingerprint density at radius 1 is 1.18 bits per heavy atom. The van der Waals surface area contributed by atoms with E-state index in [9.17, 15) is 0 Å². The van der Waals surface area contributed by atoms with Gasteiger partial charge in [-0.25, -0.2) is 0 Å². The van der Waals surface area contributed by atoms with Crippen LogP contribution in [0.3, 0.4) is 0 Å². The highest BCUT2D eigenvalue weighted by atomic mass is 15.3. The topological polar surface area (TPSA) is 32.5 Å². The number of likely N-dealkylation sites (N-methyl/N-ethyl adjacent to an activating group) is 1. The van der Waals surface area contributed by atoms with Gasteiger partial charge in [-0.1, -0.05) is 20.3 Å². The molecular weight excluding hydrogens is 210 g/mol. The zero-order valence-electron chi connectivity index (χ0n) is 11.7. The van der Waals surface area contributed by atoms with Gasteiger partial charge in [0, 0.05) is 38.3 Å². The number of hydrogen-bond acceptors (Lipinski definition) is 3. The Labute approximate surface area is 106 Å². The molecule has 0 spiro atoms. The summed E-state index contributed by atoms with van der Waals surface area (Å²) >= 11 is 0. The first-order chi connectivity index (χ1) is 8.11. The van der Waals surface area contributed by atoms with Gasteiger partial charge in [0.15, 0.2) is 0 Å². The Morgan fingerprint density at radius 3 is 2.65 bits per heavy atom. The molecular formula is C14H29N3. The first-order valence-corrected chi connectivity index (χ1v) is 7.26. The van der Waals surface area contributed by atoms with Gasteiger partial charge in [-0.05, 0) is 31.7 Å². The van der Waals surface area contributed by atoms with Crippen molar-refractivity contribution in [3.05, 3.63) is 0 Å². The van der Waals surface area contributed by atoms with E-state index >= 15 is 0 Å². The third-order valence-electron chi connectivity index (χ3n) is 4.84. The largest absolute Gasteiger partial charge is 0.329 e. The van der Waals surface area contributed by atoms with Crippen molar-refractivity contribution < 1.29 is 0 Å². The van der Waals surface area contributed by atoms with Crippen molar-refractivity contribution in [2.45, 2.75) is 45.2 Å². The van der Waals surface area contributed by atoms with E-state index < -0.39 is 0 Å². The summed E-state index contributed by atoms with van der Waals surface area (Å²) in [5, 5.41) is 0. The Hall–Kier alpha value is -0.120. The van der Waals surface area contributed by atoms with Crippen LogP contribution in [-0.4, -0.2) is 55.1 Å². The van der Waals surface area contributed by atoms with E-state index in [0.717, 1.165) is 31.0 Å².